The molecule has 0 spiro atoms. The lowest BCUT2D eigenvalue weighted by molar-refractivity contribution is -0.122. The lowest BCUT2D eigenvalue weighted by atomic mass is 10.1. The van der Waals surface area contributed by atoms with E-state index in [1.54, 1.807) is 30.3 Å². The van der Waals surface area contributed by atoms with E-state index < -0.39 is 11.9 Å². The number of nitrogens with one attached hydrogen (secondary N) is 1. The minimum Gasteiger partial charge on any atom is -0.508 e. The van der Waals surface area contributed by atoms with E-state index in [1.807, 2.05) is 0 Å². The predicted molar refractivity (Wildman–Crippen MR) is 83.6 cm³/mol. The summed E-state index contributed by atoms with van der Waals surface area (Å²) in [6, 6.07) is 12.4. The van der Waals surface area contributed by atoms with Crippen molar-refractivity contribution in [2.24, 2.45) is 10.8 Å². The molecule has 6 nitrogen and oxygen atoms in total. The number of benzene rings is 2. The number of phenols is 2. The molecule has 2 aromatic rings. The summed E-state index contributed by atoms with van der Waals surface area (Å²) in [5.41, 5.74) is 9.47. The molecule has 2 aromatic carbocycles. The topological polar surface area (TPSA) is 108 Å². The third-order valence-electron chi connectivity index (χ3n) is 3.04. The highest BCUT2D eigenvalue weighted by Gasteiger charge is 2.13. The van der Waals surface area contributed by atoms with Crippen LogP contribution in [0.2, 0.25) is 0 Å². The number of nitrogens with zero attached hydrogens (tertiary/aromatic N) is 1. The van der Waals surface area contributed by atoms with Gasteiger partial charge in [0.05, 0.1) is 12.3 Å². The van der Waals surface area contributed by atoms with Crippen molar-refractivity contribution in [3.63, 3.8) is 0 Å². The van der Waals surface area contributed by atoms with Crippen molar-refractivity contribution in [1.29, 1.82) is 0 Å². The van der Waals surface area contributed by atoms with E-state index in [2.05, 4.69) is 10.5 Å². The number of hydrogen-bond donors (Lipinski definition) is 4. The minimum atomic E-state index is -0.758. The Balaban J connectivity index is 1.89. The molecule has 0 aliphatic carbocycles. The van der Waals surface area contributed by atoms with Crippen LogP contribution in [0.4, 0.5) is 0 Å². The minimum absolute atomic E-state index is 0.0777. The standard InChI is InChI=1S/C16H17N3O3/c17-14(9-11-5-7-13(20)8-6-11)16(22)19-18-10-12-3-1-2-4-15(12)21/h1-8,10,14,20-21H,9,17H2,(H,19,22). The fourth-order valence-electron chi connectivity index (χ4n) is 1.82. The molecule has 0 aliphatic rings. The second-order valence-electron chi connectivity index (χ2n) is 4.77. The van der Waals surface area contributed by atoms with Gasteiger partial charge < -0.3 is 15.9 Å². The number of phenolic OH excluding ortho intramolecular Hbond substituents is 2. The molecule has 0 saturated heterocycles. The van der Waals surface area contributed by atoms with Crippen molar-refractivity contribution in [2.75, 3.05) is 0 Å². The lowest BCUT2D eigenvalue weighted by Crippen LogP contribution is -2.39. The maximum absolute atomic E-state index is 11.8. The van der Waals surface area contributed by atoms with E-state index in [4.69, 9.17) is 5.73 Å². The lowest BCUT2D eigenvalue weighted by Gasteiger charge is -2.09. The fourth-order valence-corrected chi connectivity index (χ4v) is 1.82. The number of amides is 1. The molecule has 2 rings (SSSR count). The Kier molecular flexibility index (Phi) is 5.11. The molecule has 6 heteroatoms. The Labute approximate surface area is 127 Å². The summed E-state index contributed by atoms with van der Waals surface area (Å²) in [5, 5.41) is 22.5. The summed E-state index contributed by atoms with van der Waals surface area (Å²) in [7, 11) is 0. The van der Waals surface area contributed by atoms with Crippen LogP contribution in [0.25, 0.3) is 0 Å². The SMILES string of the molecule is NC(Cc1ccc(O)cc1)C(=O)NN=Cc1ccccc1O. The monoisotopic (exact) mass is 299 g/mol. The van der Waals surface area contributed by atoms with Crippen molar-refractivity contribution in [2.45, 2.75) is 12.5 Å². The molecular formula is C16H17N3O3. The van der Waals surface area contributed by atoms with E-state index in [-0.39, 0.29) is 11.5 Å². The number of nitrogens with two attached hydrogens (primary N) is 1. The number of aromatic hydroxyl groups is 2. The van der Waals surface area contributed by atoms with E-state index in [0.29, 0.717) is 12.0 Å². The second-order valence-corrected chi connectivity index (χ2v) is 4.77. The number of rotatable bonds is 5. The Morgan fingerprint density at radius 3 is 2.55 bits per heavy atom. The van der Waals surface area contributed by atoms with Crippen molar-refractivity contribution < 1.29 is 15.0 Å². The van der Waals surface area contributed by atoms with Gasteiger partial charge in [-0.2, -0.15) is 5.10 Å². The first kappa shape index (κ1) is 15.5. The molecule has 0 heterocycles. The molecule has 1 unspecified atom stereocenters. The largest absolute Gasteiger partial charge is 0.508 e. The molecule has 0 aromatic heterocycles. The van der Waals surface area contributed by atoms with E-state index in [1.165, 1.54) is 24.4 Å². The van der Waals surface area contributed by atoms with Crippen LogP contribution in [0.1, 0.15) is 11.1 Å². The summed E-state index contributed by atoms with van der Waals surface area (Å²) in [4.78, 5) is 11.8. The Morgan fingerprint density at radius 1 is 1.18 bits per heavy atom. The normalized spacial score (nSPS) is 12.2. The zero-order chi connectivity index (χ0) is 15.9. The molecule has 114 valence electrons. The van der Waals surface area contributed by atoms with Crippen LogP contribution in [0.15, 0.2) is 53.6 Å². The van der Waals surface area contributed by atoms with Crippen molar-refractivity contribution in [3.8, 4) is 11.5 Å². The molecule has 0 aliphatic heterocycles. The first-order valence-electron chi connectivity index (χ1n) is 6.70. The van der Waals surface area contributed by atoms with Gasteiger partial charge in [-0.1, -0.05) is 24.3 Å². The van der Waals surface area contributed by atoms with Crippen LogP contribution in [0.3, 0.4) is 0 Å². The second kappa shape index (κ2) is 7.24. The van der Waals surface area contributed by atoms with Crippen LogP contribution in [-0.4, -0.2) is 28.4 Å². The van der Waals surface area contributed by atoms with Crippen molar-refractivity contribution in [1.82, 2.24) is 5.43 Å². The number of hydrogen-bond acceptors (Lipinski definition) is 5. The van der Waals surface area contributed by atoms with Crippen LogP contribution in [0.5, 0.6) is 11.5 Å². The van der Waals surface area contributed by atoms with Gasteiger partial charge in [-0.3, -0.25) is 4.79 Å². The van der Waals surface area contributed by atoms with Gasteiger partial charge in [0.25, 0.3) is 5.91 Å². The summed E-state index contributed by atoms with van der Waals surface area (Å²) in [6.07, 6.45) is 1.68. The summed E-state index contributed by atoms with van der Waals surface area (Å²) in [6.45, 7) is 0. The van der Waals surface area contributed by atoms with Crippen LogP contribution in [-0.2, 0) is 11.2 Å². The highest BCUT2D eigenvalue weighted by molar-refractivity contribution is 5.86. The predicted octanol–water partition coefficient (Wildman–Crippen LogP) is 1.12. The molecule has 1 amide bonds. The number of carbonyl (C=O) groups excluding carboxylic acids is 1. The van der Waals surface area contributed by atoms with Crippen LogP contribution < -0.4 is 11.2 Å². The first-order valence-corrected chi connectivity index (χ1v) is 6.70. The van der Waals surface area contributed by atoms with Crippen molar-refractivity contribution >= 4 is 12.1 Å². The molecule has 5 N–H and O–H groups in total. The van der Waals surface area contributed by atoms with Gasteiger partial charge in [0, 0.05) is 5.56 Å². The highest BCUT2D eigenvalue weighted by Crippen LogP contribution is 2.12. The molecule has 0 saturated carbocycles. The summed E-state index contributed by atoms with van der Waals surface area (Å²) in [5.74, 6) is -0.192. The molecule has 22 heavy (non-hydrogen) atoms. The summed E-state index contributed by atoms with van der Waals surface area (Å²) < 4.78 is 0. The van der Waals surface area contributed by atoms with Crippen LogP contribution >= 0.6 is 0 Å². The van der Waals surface area contributed by atoms with Gasteiger partial charge in [0.15, 0.2) is 0 Å². The molecular weight excluding hydrogens is 282 g/mol. The number of carbonyl (C=O) groups is 1. The van der Waals surface area contributed by atoms with Gasteiger partial charge >= 0.3 is 0 Å². The number of para-hydroxylation sites is 1. The van der Waals surface area contributed by atoms with Gasteiger partial charge in [-0.15, -0.1) is 0 Å². The molecule has 0 fully saturated rings. The Hall–Kier alpha value is -2.86. The third kappa shape index (κ3) is 4.32. The van der Waals surface area contributed by atoms with E-state index in [0.717, 1.165) is 5.56 Å². The van der Waals surface area contributed by atoms with Crippen LogP contribution in [0, 0.1) is 0 Å². The van der Waals surface area contributed by atoms with Crippen molar-refractivity contribution in [3.05, 3.63) is 59.7 Å². The Morgan fingerprint density at radius 2 is 1.86 bits per heavy atom. The average molecular weight is 299 g/mol. The highest BCUT2D eigenvalue weighted by atomic mass is 16.3. The zero-order valence-electron chi connectivity index (χ0n) is 11.8. The third-order valence-corrected chi connectivity index (χ3v) is 3.04. The number of hydrazone groups is 1. The molecule has 1 atom stereocenters. The zero-order valence-corrected chi connectivity index (χ0v) is 11.8. The van der Waals surface area contributed by atoms with Gasteiger partial charge in [-0.05, 0) is 36.2 Å². The fraction of sp³-hybridized carbons (Fsp3) is 0.125. The van der Waals surface area contributed by atoms with Gasteiger partial charge in [-0.25, -0.2) is 5.43 Å². The van der Waals surface area contributed by atoms with Gasteiger partial charge in [0.2, 0.25) is 0 Å². The van der Waals surface area contributed by atoms with Gasteiger partial charge in [0.1, 0.15) is 11.5 Å². The molecule has 0 radical (unpaired) electrons. The van der Waals surface area contributed by atoms with E-state index >= 15 is 0 Å². The quantitative estimate of drug-likeness (QED) is 0.490. The average Bonchev–Trinajstić information content (AvgIpc) is 2.51. The Bertz CT molecular complexity index is 669. The van der Waals surface area contributed by atoms with E-state index in [9.17, 15) is 15.0 Å². The first-order chi connectivity index (χ1) is 10.6. The smallest absolute Gasteiger partial charge is 0.257 e. The maximum Gasteiger partial charge on any atom is 0.257 e. The maximum atomic E-state index is 11.8. The molecule has 0 bridgehead atoms. The summed E-state index contributed by atoms with van der Waals surface area (Å²) >= 11 is 0.